The number of aryl methyl sites for hydroxylation is 1. The summed E-state index contributed by atoms with van der Waals surface area (Å²) < 4.78 is 16.6. The maximum Gasteiger partial charge on any atom is 0.321 e. The van der Waals surface area contributed by atoms with Gasteiger partial charge in [0.25, 0.3) is 0 Å². The van der Waals surface area contributed by atoms with Gasteiger partial charge >= 0.3 is 5.97 Å². The van der Waals surface area contributed by atoms with Gasteiger partial charge in [0, 0.05) is 0 Å². The van der Waals surface area contributed by atoms with Gasteiger partial charge in [-0.3, -0.25) is 4.79 Å². The highest BCUT2D eigenvalue weighted by Gasteiger charge is 2.33. The number of hydrogen-bond donors (Lipinski definition) is 0. The number of carbonyl (C=O) groups excluding carboxylic acids is 1. The highest BCUT2D eigenvalue weighted by Crippen LogP contribution is 2.35. The van der Waals surface area contributed by atoms with Crippen molar-refractivity contribution >= 4 is 5.97 Å². The molecule has 2 aromatic rings. The third-order valence-electron chi connectivity index (χ3n) is 4.01. The summed E-state index contributed by atoms with van der Waals surface area (Å²) in [5.74, 6) is 1.62. The molecule has 1 heterocycles. The van der Waals surface area contributed by atoms with Crippen LogP contribution < -0.4 is 14.2 Å². The molecule has 1 aliphatic heterocycles. The normalized spacial score (nSPS) is 13.5. The minimum Gasteiger partial charge on any atom is -0.486 e. The van der Waals surface area contributed by atoms with Crippen LogP contribution in [0.15, 0.2) is 42.5 Å². The van der Waals surface area contributed by atoms with E-state index in [9.17, 15) is 4.79 Å². The molecule has 4 heteroatoms. The number of benzene rings is 2. The van der Waals surface area contributed by atoms with Crippen molar-refractivity contribution in [2.45, 2.75) is 26.2 Å². The Bertz CT molecular complexity index is 717. The second-order valence-electron chi connectivity index (χ2n) is 6.19. The molecule has 0 aliphatic carbocycles. The minimum atomic E-state index is -0.791. The molecule has 3 rings (SSSR count). The van der Waals surface area contributed by atoms with Gasteiger partial charge in [-0.25, -0.2) is 0 Å². The number of carbonyl (C=O) groups is 1. The number of hydrogen-bond acceptors (Lipinski definition) is 4. The zero-order valence-electron chi connectivity index (χ0n) is 13.6. The fourth-order valence-corrected chi connectivity index (χ4v) is 2.39. The SMILES string of the molecule is Cc1ccc(OC(=O)C(C)(C)c2ccc3c(c2)OCCO3)cc1. The van der Waals surface area contributed by atoms with Crippen molar-refractivity contribution in [2.24, 2.45) is 0 Å². The summed E-state index contributed by atoms with van der Waals surface area (Å²) in [4.78, 5) is 12.6. The Kier molecular flexibility index (Phi) is 3.99. The van der Waals surface area contributed by atoms with E-state index >= 15 is 0 Å². The molecule has 0 spiro atoms. The number of ether oxygens (including phenoxy) is 3. The van der Waals surface area contributed by atoms with E-state index in [1.807, 2.05) is 51.1 Å². The van der Waals surface area contributed by atoms with Crippen LogP contribution in [0.4, 0.5) is 0 Å². The fourth-order valence-electron chi connectivity index (χ4n) is 2.39. The van der Waals surface area contributed by atoms with Gasteiger partial charge in [0.1, 0.15) is 19.0 Å². The van der Waals surface area contributed by atoms with E-state index in [-0.39, 0.29) is 5.97 Å². The highest BCUT2D eigenvalue weighted by molar-refractivity contribution is 5.84. The standard InChI is InChI=1S/C19H20O4/c1-13-4-7-15(8-5-13)23-18(20)19(2,3)14-6-9-16-17(12-14)22-11-10-21-16/h4-9,12H,10-11H2,1-3H3. The lowest BCUT2D eigenvalue weighted by Crippen LogP contribution is -2.33. The molecule has 2 aromatic carbocycles. The van der Waals surface area contributed by atoms with E-state index in [1.165, 1.54) is 0 Å². The van der Waals surface area contributed by atoms with E-state index in [0.29, 0.717) is 30.5 Å². The van der Waals surface area contributed by atoms with Gasteiger partial charge in [-0.2, -0.15) is 0 Å². The molecule has 0 saturated carbocycles. The quantitative estimate of drug-likeness (QED) is 0.641. The zero-order chi connectivity index (χ0) is 16.4. The molecular weight excluding hydrogens is 292 g/mol. The van der Waals surface area contributed by atoms with Crippen LogP contribution in [0.25, 0.3) is 0 Å². The van der Waals surface area contributed by atoms with Crippen LogP contribution in [0.3, 0.4) is 0 Å². The van der Waals surface area contributed by atoms with Crippen LogP contribution in [0.1, 0.15) is 25.0 Å². The van der Waals surface area contributed by atoms with Crippen molar-refractivity contribution in [1.82, 2.24) is 0 Å². The zero-order valence-corrected chi connectivity index (χ0v) is 13.6. The highest BCUT2D eigenvalue weighted by atomic mass is 16.6. The van der Waals surface area contributed by atoms with Crippen LogP contribution >= 0.6 is 0 Å². The maximum atomic E-state index is 12.6. The summed E-state index contributed by atoms with van der Waals surface area (Å²) in [6, 6.07) is 13.0. The molecule has 0 fully saturated rings. The van der Waals surface area contributed by atoms with Gasteiger partial charge in [0.2, 0.25) is 0 Å². The second-order valence-corrected chi connectivity index (χ2v) is 6.19. The molecule has 120 valence electrons. The Labute approximate surface area is 136 Å². The van der Waals surface area contributed by atoms with E-state index in [4.69, 9.17) is 14.2 Å². The molecule has 0 bridgehead atoms. The third-order valence-corrected chi connectivity index (χ3v) is 4.01. The van der Waals surface area contributed by atoms with E-state index < -0.39 is 5.41 Å². The number of rotatable bonds is 3. The van der Waals surface area contributed by atoms with Gasteiger partial charge in [0.15, 0.2) is 11.5 Å². The lowest BCUT2D eigenvalue weighted by molar-refractivity contribution is -0.139. The molecule has 0 N–H and O–H groups in total. The first-order chi connectivity index (χ1) is 11.0. The van der Waals surface area contributed by atoms with Crippen molar-refractivity contribution in [2.75, 3.05) is 13.2 Å². The Morgan fingerprint density at radius 3 is 2.35 bits per heavy atom. The van der Waals surface area contributed by atoms with E-state index in [1.54, 1.807) is 12.1 Å². The summed E-state index contributed by atoms with van der Waals surface area (Å²) in [6.07, 6.45) is 0. The Morgan fingerprint density at radius 1 is 1.00 bits per heavy atom. The monoisotopic (exact) mass is 312 g/mol. The minimum absolute atomic E-state index is 0.307. The predicted molar refractivity (Wildman–Crippen MR) is 87.3 cm³/mol. The molecule has 0 atom stereocenters. The summed E-state index contributed by atoms with van der Waals surface area (Å²) in [5, 5.41) is 0. The summed E-state index contributed by atoms with van der Waals surface area (Å²) in [7, 11) is 0. The van der Waals surface area contributed by atoms with Crippen LogP contribution in [-0.4, -0.2) is 19.2 Å². The molecule has 0 amide bonds. The smallest absolute Gasteiger partial charge is 0.321 e. The topological polar surface area (TPSA) is 44.8 Å². The summed E-state index contributed by atoms with van der Waals surface area (Å²) >= 11 is 0. The Balaban J connectivity index is 1.82. The molecule has 4 nitrogen and oxygen atoms in total. The average molecular weight is 312 g/mol. The van der Waals surface area contributed by atoms with Gasteiger partial charge in [-0.05, 0) is 50.6 Å². The van der Waals surface area contributed by atoms with Crippen LogP contribution in [0.2, 0.25) is 0 Å². The van der Waals surface area contributed by atoms with Crippen LogP contribution in [0, 0.1) is 6.92 Å². The first-order valence-electron chi connectivity index (χ1n) is 7.66. The first kappa shape index (κ1) is 15.4. The largest absolute Gasteiger partial charge is 0.486 e. The van der Waals surface area contributed by atoms with Gasteiger partial charge < -0.3 is 14.2 Å². The second kappa shape index (κ2) is 5.95. The van der Waals surface area contributed by atoms with Gasteiger partial charge in [0.05, 0.1) is 5.41 Å². The van der Waals surface area contributed by atoms with Gasteiger partial charge in [-0.1, -0.05) is 23.8 Å². The predicted octanol–water partition coefficient (Wildman–Crippen LogP) is 3.65. The molecule has 23 heavy (non-hydrogen) atoms. The number of esters is 1. The van der Waals surface area contributed by atoms with Crippen LogP contribution in [-0.2, 0) is 10.2 Å². The van der Waals surface area contributed by atoms with Crippen LogP contribution in [0.5, 0.6) is 17.2 Å². The summed E-state index contributed by atoms with van der Waals surface area (Å²) in [6.45, 7) is 6.74. The van der Waals surface area contributed by atoms with Gasteiger partial charge in [-0.15, -0.1) is 0 Å². The number of fused-ring (bicyclic) bond motifs is 1. The van der Waals surface area contributed by atoms with Crippen molar-refractivity contribution < 1.29 is 19.0 Å². The Morgan fingerprint density at radius 2 is 1.65 bits per heavy atom. The molecular formula is C19H20O4. The fraction of sp³-hybridized carbons (Fsp3) is 0.316. The molecule has 0 radical (unpaired) electrons. The van der Waals surface area contributed by atoms with Crippen molar-refractivity contribution in [3.8, 4) is 17.2 Å². The molecule has 0 aromatic heterocycles. The average Bonchev–Trinajstić information content (AvgIpc) is 2.56. The lowest BCUT2D eigenvalue weighted by Gasteiger charge is -2.25. The third kappa shape index (κ3) is 3.16. The van der Waals surface area contributed by atoms with Crippen molar-refractivity contribution in [1.29, 1.82) is 0 Å². The maximum absolute atomic E-state index is 12.6. The Hall–Kier alpha value is -2.49. The lowest BCUT2D eigenvalue weighted by atomic mass is 9.84. The van der Waals surface area contributed by atoms with Crippen molar-refractivity contribution in [3.63, 3.8) is 0 Å². The first-order valence-corrected chi connectivity index (χ1v) is 7.66. The van der Waals surface area contributed by atoms with E-state index in [0.717, 1.165) is 11.1 Å². The molecule has 0 unspecified atom stereocenters. The van der Waals surface area contributed by atoms with E-state index in [2.05, 4.69) is 0 Å². The molecule has 1 aliphatic rings. The van der Waals surface area contributed by atoms with Crippen molar-refractivity contribution in [3.05, 3.63) is 53.6 Å². The molecule has 0 saturated heterocycles. The summed E-state index contributed by atoms with van der Waals surface area (Å²) in [5.41, 5.74) is 1.16.